The number of amides is 2. The second-order valence-electron chi connectivity index (χ2n) is 7.14. The van der Waals surface area contributed by atoms with Crippen LogP contribution < -0.4 is 10.6 Å². The number of anilines is 2. The highest BCUT2D eigenvalue weighted by atomic mass is 16.5. The highest BCUT2D eigenvalue weighted by molar-refractivity contribution is 5.95. The number of aryl methyl sites for hydroxylation is 1. The largest absolute Gasteiger partial charge is 0.462 e. The molecule has 32 heavy (non-hydrogen) atoms. The van der Waals surface area contributed by atoms with Gasteiger partial charge in [0.15, 0.2) is 6.61 Å². The highest BCUT2D eigenvalue weighted by Gasteiger charge is 2.12. The molecule has 0 aliphatic carbocycles. The first kappa shape index (κ1) is 24.6. The molecule has 0 unspecified atom stereocenters. The maximum absolute atomic E-state index is 12.0. The van der Waals surface area contributed by atoms with Gasteiger partial charge in [-0.1, -0.05) is 31.5 Å². The van der Waals surface area contributed by atoms with Gasteiger partial charge in [-0.2, -0.15) is 0 Å². The van der Waals surface area contributed by atoms with E-state index in [2.05, 4.69) is 10.6 Å². The van der Waals surface area contributed by atoms with Gasteiger partial charge in [-0.25, -0.2) is 4.79 Å². The van der Waals surface area contributed by atoms with E-state index in [0.717, 1.165) is 18.4 Å². The summed E-state index contributed by atoms with van der Waals surface area (Å²) in [7, 11) is 0. The Morgan fingerprint density at radius 2 is 1.56 bits per heavy atom. The molecule has 2 amide bonds. The summed E-state index contributed by atoms with van der Waals surface area (Å²) in [4.78, 5) is 47.6. The van der Waals surface area contributed by atoms with Gasteiger partial charge in [0.25, 0.3) is 5.91 Å². The minimum atomic E-state index is -0.648. The van der Waals surface area contributed by atoms with E-state index in [-0.39, 0.29) is 18.7 Å². The minimum Gasteiger partial charge on any atom is -0.462 e. The molecule has 2 N–H and O–H groups in total. The summed E-state index contributed by atoms with van der Waals surface area (Å²) in [5, 5.41) is 5.30. The number of ether oxygens (including phenoxy) is 2. The van der Waals surface area contributed by atoms with Crippen molar-refractivity contribution in [3.63, 3.8) is 0 Å². The predicted octanol–water partition coefficient (Wildman–Crippen LogP) is 3.85. The summed E-state index contributed by atoms with van der Waals surface area (Å²) in [5.74, 6) is -1.90. The van der Waals surface area contributed by atoms with Crippen LogP contribution in [-0.2, 0) is 23.9 Å². The van der Waals surface area contributed by atoms with E-state index in [9.17, 15) is 19.2 Å². The normalized spacial score (nSPS) is 10.2. The molecule has 0 aromatic heterocycles. The first-order valence-electron chi connectivity index (χ1n) is 10.5. The zero-order chi connectivity index (χ0) is 23.3. The Morgan fingerprint density at radius 3 is 2.25 bits per heavy atom. The van der Waals surface area contributed by atoms with Gasteiger partial charge >= 0.3 is 11.9 Å². The second-order valence-corrected chi connectivity index (χ2v) is 7.14. The van der Waals surface area contributed by atoms with E-state index in [4.69, 9.17) is 9.47 Å². The summed E-state index contributed by atoms with van der Waals surface area (Å²) < 4.78 is 10.0. The maximum atomic E-state index is 12.0. The van der Waals surface area contributed by atoms with E-state index in [1.807, 2.05) is 26.0 Å². The summed E-state index contributed by atoms with van der Waals surface area (Å²) >= 11 is 0. The van der Waals surface area contributed by atoms with Crippen LogP contribution in [0, 0.1) is 6.92 Å². The van der Waals surface area contributed by atoms with E-state index < -0.39 is 24.5 Å². The van der Waals surface area contributed by atoms with Crippen LogP contribution in [0.25, 0.3) is 0 Å². The summed E-state index contributed by atoms with van der Waals surface area (Å²) in [6.07, 6.45) is 1.48. The van der Waals surface area contributed by atoms with E-state index >= 15 is 0 Å². The monoisotopic (exact) mass is 440 g/mol. The average molecular weight is 440 g/mol. The molecule has 2 aromatic rings. The molecule has 2 aromatic carbocycles. The molecule has 170 valence electrons. The molecule has 0 atom stereocenters. The fourth-order valence-electron chi connectivity index (χ4n) is 2.64. The van der Waals surface area contributed by atoms with Crippen LogP contribution in [0.5, 0.6) is 0 Å². The Kier molecular flexibility index (Phi) is 9.90. The van der Waals surface area contributed by atoms with Crippen molar-refractivity contribution in [2.24, 2.45) is 0 Å². The van der Waals surface area contributed by atoms with Crippen molar-refractivity contribution in [3.05, 3.63) is 59.7 Å². The van der Waals surface area contributed by atoms with Gasteiger partial charge in [0.1, 0.15) is 0 Å². The van der Waals surface area contributed by atoms with E-state index in [0.29, 0.717) is 23.5 Å². The van der Waals surface area contributed by atoms with Crippen molar-refractivity contribution >= 4 is 35.1 Å². The van der Waals surface area contributed by atoms with E-state index in [1.54, 1.807) is 36.4 Å². The van der Waals surface area contributed by atoms with Crippen LogP contribution in [0.2, 0.25) is 0 Å². The van der Waals surface area contributed by atoms with Crippen molar-refractivity contribution in [1.82, 2.24) is 0 Å². The number of para-hydroxylation sites is 1. The van der Waals surface area contributed by atoms with Gasteiger partial charge in [0, 0.05) is 17.8 Å². The SMILES string of the molecule is CCCCOC(=O)c1ccc(NC(=O)CCC(=O)OCC(=O)Nc2ccccc2C)cc1. The van der Waals surface area contributed by atoms with Crippen molar-refractivity contribution in [3.8, 4) is 0 Å². The standard InChI is InChI=1S/C24H28N2O6/c1-3-4-15-31-24(30)18-9-11-19(12-10-18)25-21(27)13-14-23(29)32-16-22(28)26-20-8-6-5-7-17(20)2/h5-12H,3-4,13-16H2,1-2H3,(H,25,27)(H,26,28). The number of carbonyl (C=O) groups excluding carboxylic acids is 4. The molecule has 0 aliphatic heterocycles. The number of hydrogen-bond donors (Lipinski definition) is 2. The first-order chi connectivity index (χ1) is 15.4. The van der Waals surface area contributed by atoms with Crippen LogP contribution in [0.3, 0.4) is 0 Å². The van der Waals surface area contributed by atoms with Crippen LogP contribution in [0.1, 0.15) is 48.5 Å². The lowest BCUT2D eigenvalue weighted by Gasteiger charge is -2.09. The molecular weight excluding hydrogens is 412 g/mol. The molecule has 0 aliphatic rings. The van der Waals surface area contributed by atoms with Crippen molar-refractivity contribution in [1.29, 1.82) is 0 Å². The van der Waals surface area contributed by atoms with Crippen LogP contribution in [0.15, 0.2) is 48.5 Å². The predicted molar refractivity (Wildman–Crippen MR) is 120 cm³/mol. The number of carbonyl (C=O) groups is 4. The lowest BCUT2D eigenvalue weighted by Crippen LogP contribution is -2.22. The van der Waals surface area contributed by atoms with Gasteiger partial charge in [0.05, 0.1) is 18.6 Å². The number of benzene rings is 2. The smallest absolute Gasteiger partial charge is 0.338 e. The average Bonchev–Trinajstić information content (AvgIpc) is 2.78. The topological polar surface area (TPSA) is 111 Å². The molecule has 0 heterocycles. The third-order valence-electron chi connectivity index (χ3n) is 4.47. The number of unbranched alkanes of at least 4 members (excludes halogenated alkanes) is 1. The summed E-state index contributed by atoms with van der Waals surface area (Å²) in [6, 6.07) is 13.5. The van der Waals surface area contributed by atoms with Gasteiger partial charge in [-0.3, -0.25) is 14.4 Å². The molecule has 8 heteroatoms. The van der Waals surface area contributed by atoms with Gasteiger partial charge in [0.2, 0.25) is 5.91 Å². The third kappa shape index (κ3) is 8.59. The van der Waals surface area contributed by atoms with Crippen LogP contribution in [0.4, 0.5) is 11.4 Å². The second kappa shape index (κ2) is 12.9. The van der Waals surface area contributed by atoms with Gasteiger partial charge in [-0.15, -0.1) is 0 Å². The number of nitrogens with one attached hydrogen (secondary N) is 2. The molecule has 0 saturated heterocycles. The first-order valence-corrected chi connectivity index (χ1v) is 10.5. The lowest BCUT2D eigenvalue weighted by molar-refractivity contribution is -0.147. The number of rotatable bonds is 11. The molecule has 0 radical (unpaired) electrons. The molecular formula is C24H28N2O6. The van der Waals surface area contributed by atoms with Gasteiger partial charge < -0.3 is 20.1 Å². The quantitative estimate of drug-likeness (QED) is 0.406. The fraction of sp³-hybridized carbons (Fsp3) is 0.333. The van der Waals surface area contributed by atoms with Gasteiger partial charge in [-0.05, 0) is 49.2 Å². The Bertz CT molecular complexity index is 940. The van der Waals surface area contributed by atoms with Crippen LogP contribution >= 0.6 is 0 Å². The Morgan fingerprint density at radius 1 is 0.844 bits per heavy atom. The molecule has 0 spiro atoms. The molecule has 0 fully saturated rings. The summed E-state index contributed by atoms with van der Waals surface area (Å²) in [6.45, 7) is 3.81. The molecule has 2 rings (SSSR count). The van der Waals surface area contributed by atoms with Crippen molar-refractivity contribution in [2.75, 3.05) is 23.8 Å². The molecule has 0 bridgehead atoms. The molecule has 0 saturated carbocycles. The van der Waals surface area contributed by atoms with Crippen molar-refractivity contribution < 1.29 is 28.7 Å². The zero-order valence-electron chi connectivity index (χ0n) is 18.3. The Hall–Kier alpha value is -3.68. The third-order valence-corrected chi connectivity index (χ3v) is 4.47. The van der Waals surface area contributed by atoms with Crippen LogP contribution in [-0.4, -0.2) is 37.0 Å². The Balaban J connectivity index is 1.68. The van der Waals surface area contributed by atoms with Crippen molar-refractivity contribution in [2.45, 2.75) is 39.5 Å². The number of hydrogen-bond acceptors (Lipinski definition) is 6. The fourth-order valence-corrected chi connectivity index (χ4v) is 2.64. The lowest BCUT2D eigenvalue weighted by atomic mass is 10.2. The zero-order valence-corrected chi connectivity index (χ0v) is 18.3. The van der Waals surface area contributed by atoms with E-state index in [1.165, 1.54) is 0 Å². The summed E-state index contributed by atoms with van der Waals surface area (Å²) in [5.41, 5.74) is 2.43. The maximum Gasteiger partial charge on any atom is 0.338 e. The molecule has 8 nitrogen and oxygen atoms in total. The number of esters is 2. The minimum absolute atomic E-state index is 0.0982. The Labute approximate surface area is 187 Å². The highest BCUT2D eigenvalue weighted by Crippen LogP contribution is 2.13.